The average Bonchev–Trinajstić information content (AvgIpc) is 2.29. The molecule has 1 aromatic heterocycles. The Hall–Kier alpha value is -0.830. The van der Waals surface area contributed by atoms with Crippen LogP contribution in [0.15, 0.2) is 6.07 Å². The number of carbonyl (C=O) groups excluding carboxylic acids is 1. The fourth-order valence-electron chi connectivity index (χ4n) is 0.850. The molecule has 0 aliphatic heterocycles. The summed E-state index contributed by atoms with van der Waals surface area (Å²) >= 11 is 1.35. The van der Waals surface area contributed by atoms with E-state index in [2.05, 4.69) is 0 Å². The Kier molecular flexibility index (Phi) is 2.24. The number of aldehydes is 1. The van der Waals surface area contributed by atoms with E-state index in [0.717, 1.165) is 4.88 Å². The van der Waals surface area contributed by atoms with Gasteiger partial charge in [0, 0.05) is 4.88 Å². The van der Waals surface area contributed by atoms with Gasteiger partial charge in [-0.1, -0.05) is 20.8 Å². The summed E-state index contributed by atoms with van der Waals surface area (Å²) in [6.45, 7) is 6.15. The van der Waals surface area contributed by atoms with Crippen molar-refractivity contribution in [2.24, 2.45) is 0 Å². The van der Waals surface area contributed by atoms with Gasteiger partial charge in [-0.25, -0.2) is 0 Å². The van der Waals surface area contributed by atoms with Crippen LogP contribution in [0.2, 0.25) is 0 Å². The summed E-state index contributed by atoms with van der Waals surface area (Å²) in [7, 11) is 0. The van der Waals surface area contributed by atoms with Crippen LogP contribution in [0.4, 0.5) is 0 Å². The molecular weight excluding hydrogens is 172 g/mol. The minimum absolute atomic E-state index is 0.00338. The minimum Gasteiger partial charge on any atom is -0.506 e. The highest BCUT2D eigenvalue weighted by molar-refractivity contribution is 7.14. The molecule has 3 heteroatoms. The summed E-state index contributed by atoms with van der Waals surface area (Å²) in [5.74, 6) is 0.0972. The zero-order chi connectivity index (χ0) is 9.35. The molecule has 0 radical (unpaired) electrons. The largest absolute Gasteiger partial charge is 0.506 e. The van der Waals surface area contributed by atoms with E-state index >= 15 is 0 Å². The van der Waals surface area contributed by atoms with E-state index in [0.29, 0.717) is 11.2 Å². The minimum atomic E-state index is 0.00338. The molecule has 1 aromatic rings. The SMILES string of the molecule is CC(C)(C)c1cc(O)c(C=O)s1. The fraction of sp³-hybridized carbons (Fsp3) is 0.444. The van der Waals surface area contributed by atoms with Crippen molar-refractivity contribution in [1.82, 2.24) is 0 Å². The first kappa shape index (κ1) is 9.26. The third-order valence-electron chi connectivity index (χ3n) is 1.59. The lowest BCUT2D eigenvalue weighted by Gasteiger charge is -2.14. The molecule has 0 bridgehead atoms. The molecule has 2 nitrogen and oxygen atoms in total. The zero-order valence-corrected chi connectivity index (χ0v) is 8.23. The molecule has 0 fully saturated rings. The van der Waals surface area contributed by atoms with E-state index in [4.69, 9.17) is 0 Å². The van der Waals surface area contributed by atoms with E-state index < -0.39 is 0 Å². The van der Waals surface area contributed by atoms with Crippen LogP contribution in [0.5, 0.6) is 5.75 Å². The highest BCUT2D eigenvalue weighted by Gasteiger charge is 2.18. The van der Waals surface area contributed by atoms with Crippen molar-refractivity contribution < 1.29 is 9.90 Å². The van der Waals surface area contributed by atoms with Gasteiger partial charge >= 0.3 is 0 Å². The van der Waals surface area contributed by atoms with Crippen molar-refractivity contribution in [2.75, 3.05) is 0 Å². The smallest absolute Gasteiger partial charge is 0.163 e. The van der Waals surface area contributed by atoms with E-state index in [1.54, 1.807) is 6.07 Å². The van der Waals surface area contributed by atoms with Gasteiger partial charge in [0.25, 0.3) is 0 Å². The number of hydrogen-bond acceptors (Lipinski definition) is 3. The van der Waals surface area contributed by atoms with Crippen LogP contribution in [-0.4, -0.2) is 11.4 Å². The van der Waals surface area contributed by atoms with Crippen molar-refractivity contribution >= 4 is 17.6 Å². The Morgan fingerprint density at radius 1 is 1.50 bits per heavy atom. The van der Waals surface area contributed by atoms with Crippen LogP contribution < -0.4 is 0 Å². The zero-order valence-electron chi connectivity index (χ0n) is 7.42. The van der Waals surface area contributed by atoms with Gasteiger partial charge < -0.3 is 5.11 Å². The van der Waals surface area contributed by atoms with Crippen LogP contribution in [0, 0.1) is 0 Å². The topological polar surface area (TPSA) is 37.3 Å². The molecule has 1 N–H and O–H groups in total. The fourth-order valence-corrected chi connectivity index (χ4v) is 1.77. The van der Waals surface area contributed by atoms with Gasteiger partial charge in [0.2, 0.25) is 0 Å². The third-order valence-corrected chi connectivity index (χ3v) is 3.06. The first-order valence-corrected chi connectivity index (χ1v) is 4.55. The molecule has 1 rings (SSSR count). The van der Waals surface area contributed by atoms with Gasteiger partial charge in [-0.05, 0) is 11.5 Å². The molecule has 0 spiro atoms. The van der Waals surface area contributed by atoms with Crippen molar-refractivity contribution in [3.8, 4) is 5.75 Å². The molecule has 66 valence electrons. The van der Waals surface area contributed by atoms with Crippen LogP contribution in [0.1, 0.15) is 35.3 Å². The Balaban J connectivity index is 3.13. The van der Waals surface area contributed by atoms with E-state index in [1.165, 1.54) is 11.3 Å². The van der Waals surface area contributed by atoms with E-state index in [-0.39, 0.29) is 11.2 Å². The second kappa shape index (κ2) is 2.90. The van der Waals surface area contributed by atoms with Crippen LogP contribution in [0.3, 0.4) is 0 Å². The number of hydrogen-bond donors (Lipinski definition) is 1. The predicted molar refractivity (Wildman–Crippen MR) is 50.1 cm³/mol. The van der Waals surface area contributed by atoms with Crippen LogP contribution in [-0.2, 0) is 5.41 Å². The summed E-state index contributed by atoms with van der Waals surface area (Å²) in [5.41, 5.74) is 0.00338. The highest BCUT2D eigenvalue weighted by atomic mass is 32.1. The van der Waals surface area contributed by atoms with E-state index in [1.807, 2.05) is 20.8 Å². The van der Waals surface area contributed by atoms with Gasteiger partial charge in [-0.2, -0.15) is 0 Å². The number of thiophene rings is 1. The first-order valence-electron chi connectivity index (χ1n) is 3.73. The summed E-state index contributed by atoms with van der Waals surface area (Å²) in [5, 5.41) is 9.27. The van der Waals surface area contributed by atoms with Crippen molar-refractivity contribution in [3.63, 3.8) is 0 Å². The molecule has 0 aliphatic carbocycles. The first-order chi connectivity index (χ1) is 5.45. The molecule has 0 aromatic carbocycles. The van der Waals surface area contributed by atoms with Gasteiger partial charge in [0.05, 0.1) is 0 Å². The van der Waals surface area contributed by atoms with Gasteiger partial charge in [-0.15, -0.1) is 11.3 Å². The van der Waals surface area contributed by atoms with Crippen LogP contribution >= 0.6 is 11.3 Å². The monoisotopic (exact) mass is 184 g/mol. The lowest BCUT2D eigenvalue weighted by molar-refractivity contribution is 0.112. The van der Waals surface area contributed by atoms with E-state index in [9.17, 15) is 9.90 Å². The second-order valence-corrected chi connectivity index (χ2v) is 4.81. The molecule has 0 saturated heterocycles. The summed E-state index contributed by atoms with van der Waals surface area (Å²) in [6, 6.07) is 1.66. The molecule has 0 saturated carbocycles. The van der Waals surface area contributed by atoms with Crippen molar-refractivity contribution in [1.29, 1.82) is 0 Å². The Bertz CT molecular complexity index is 294. The average molecular weight is 184 g/mol. The Labute approximate surface area is 75.9 Å². The summed E-state index contributed by atoms with van der Waals surface area (Å²) in [6.07, 6.45) is 0.690. The quantitative estimate of drug-likeness (QED) is 0.681. The van der Waals surface area contributed by atoms with Gasteiger partial charge in [0.1, 0.15) is 10.6 Å². The second-order valence-electron chi connectivity index (χ2n) is 3.73. The standard InChI is InChI=1S/C9H12O2S/c1-9(2,3)8-4-6(11)7(5-10)12-8/h4-5,11H,1-3H3. The number of carbonyl (C=O) groups is 1. The molecule has 0 amide bonds. The summed E-state index contributed by atoms with van der Waals surface area (Å²) < 4.78 is 0. The molecule has 12 heavy (non-hydrogen) atoms. The van der Waals surface area contributed by atoms with Crippen molar-refractivity contribution in [3.05, 3.63) is 15.8 Å². The molecule has 0 unspecified atom stereocenters. The molecule has 0 aliphatic rings. The Morgan fingerprint density at radius 3 is 2.33 bits per heavy atom. The molecule has 0 atom stereocenters. The lowest BCUT2D eigenvalue weighted by atomic mass is 9.95. The molecular formula is C9H12O2S. The third kappa shape index (κ3) is 1.67. The summed E-state index contributed by atoms with van der Waals surface area (Å²) in [4.78, 5) is 11.9. The lowest BCUT2D eigenvalue weighted by Crippen LogP contribution is -2.07. The number of rotatable bonds is 1. The Morgan fingerprint density at radius 2 is 2.08 bits per heavy atom. The maximum absolute atomic E-state index is 10.4. The predicted octanol–water partition coefficient (Wildman–Crippen LogP) is 2.56. The normalized spacial score (nSPS) is 11.6. The molecule has 1 heterocycles. The van der Waals surface area contributed by atoms with Gasteiger partial charge in [-0.3, -0.25) is 4.79 Å². The number of aromatic hydroxyl groups is 1. The highest BCUT2D eigenvalue weighted by Crippen LogP contribution is 2.34. The maximum Gasteiger partial charge on any atom is 0.163 e. The maximum atomic E-state index is 10.4. The van der Waals surface area contributed by atoms with Crippen molar-refractivity contribution in [2.45, 2.75) is 26.2 Å². The van der Waals surface area contributed by atoms with Crippen LogP contribution in [0.25, 0.3) is 0 Å². The van der Waals surface area contributed by atoms with Gasteiger partial charge in [0.15, 0.2) is 6.29 Å².